The second kappa shape index (κ2) is 7.69. The van der Waals surface area contributed by atoms with Crippen LogP contribution in [0.5, 0.6) is 0 Å². The van der Waals surface area contributed by atoms with Crippen LogP contribution in [0.4, 0.5) is 0 Å². The Bertz CT molecular complexity index is 156. The van der Waals surface area contributed by atoms with Crippen LogP contribution in [-0.2, 0) is 22.0 Å². The smallest absolute Gasteiger partial charge is 0.264 e. The number of rotatable bonds is 0. The monoisotopic (exact) mass is 180 g/mol. The molecule has 0 amide bonds. The minimum absolute atomic E-state index is 0. The van der Waals surface area contributed by atoms with Gasteiger partial charge in [0.15, 0.2) is 0 Å². The zero-order valence-electron chi connectivity index (χ0n) is 3.34. The Kier molecular flexibility index (Phi) is 13.6. The van der Waals surface area contributed by atoms with Crippen LogP contribution in [0.25, 0.3) is 0 Å². The van der Waals surface area contributed by atoms with Crippen LogP contribution in [0.15, 0.2) is 0 Å². The van der Waals surface area contributed by atoms with E-state index in [2.05, 4.69) is 0 Å². The average Bonchev–Trinajstić information content (AvgIpc) is 1.27. The van der Waals surface area contributed by atoms with Crippen molar-refractivity contribution in [3.63, 3.8) is 0 Å². The number of hydrogen-bond donors (Lipinski definition) is 2. The molecule has 0 fully saturated rings. The molecule has 0 saturated heterocycles. The van der Waals surface area contributed by atoms with E-state index in [1.54, 1.807) is 0 Å². The SMILES string of the molecule is C.O=S(=O)(O)O.O=S=O.[HH]. The molecule has 0 bridgehead atoms. The molecular formula is CH8O6S2. The van der Waals surface area contributed by atoms with Gasteiger partial charge in [-0.1, -0.05) is 7.43 Å². The maximum absolute atomic E-state index is 8.74. The average molecular weight is 180 g/mol. The third kappa shape index (κ3) is 2590. The first kappa shape index (κ1) is 15.9. The zero-order chi connectivity index (χ0) is 7.21. The lowest BCUT2D eigenvalue weighted by Crippen LogP contribution is -1.89. The molecule has 0 unspecified atom stereocenters. The van der Waals surface area contributed by atoms with Crippen molar-refractivity contribution in [2.45, 2.75) is 7.43 Å². The van der Waals surface area contributed by atoms with Gasteiger partial charge in [0.2, 0.25) is 0 Å². The fourth-order valence-corrected chi connectivity index (χ4v) is 0. The summed E-state index contributed by atoms with van der Waals surface area (Å²) in [6.45, 7) is 0. The fraction of sp³-hybridized carbons (Fsp3) is 1.00. The fourth-order valence-electron chi connectivity index (χ4n) is 0. The molecule has 0 aliphatic carbocycles. The van der Waals surface area contributed by atoms with Gasteiger partial charge in [0.1, 0.15) is 0 Å². The molecule has 6 nitrogen and oxygen atoms in total. The minimum Gasteiger partial charge on any atom is -0.264 e. The Morgan fingerprint density at radius 2 is 1.22 bits per heavy atom. The molecule has 0 aliphatic heterocycles. The molecule has 0 aromatic heterocycles. The van der Waals surface area contributed by atoms with Crippen molar-refractivity contribution in [2.24, 2.45) is 0 Å². The Labute approximate surface area is 57.6 Å². The Morgan fingerprint density at radius 3 is 1.22 bits per heavy atom. The largest absolute Gasteiger partial charge is 0.394 e. The summed E-state index contributed by atoms with van der Waals surface area (Å²) in [5.41, 5.74) is 0. The van der Waals surface area contributed by atoms with Crippen molar-refractivity contribution < 1.29 is 27.4 Å². The maximum Gasteiger partial charge on any atom is 0.394 e. The first-order valence-corrected chi connectivity index (χ1v) is 3.10. The van der Waals surface area contributed by atoms with E-state index in [-0.39, 0.29) is 8.85 Å². The molecule has 0 spiro atoms. The highest BCUT2D eigenvalue weighted by atomic mass is 32.3. The van der Waals surface area contributed by atoms with Crippen molar-refractivity contribution >= 4 is 22.0 Å². The Balaban J connectivity index is -0.0000000326. The molecule has 60 valence electrons. The van der Waals surface area contributed by atoms with Gasteiger partial charge in [-0.25, -0.2) is 0 Å². The second-order valence-electron chi connectivity index (χ2n) is 0.516. The highest BCUT2D eigenvalue weighted by Crippen LogP contribution is 1.59. The van der Waals surface area contributed by atoms with Crippen molar-refractivity contribution in [2.75, 3.05) is 0 Å². The lowest BCUT2D eigenvalue weighted by molar-refractivity contribution is 0.381. The molecule has 0 radical (unpaired) electrons. The van der Waals surface area contributed by atoms with Gasteiger partial charge < -0.3 is 0 Å². The lowest BCUT2D eigenvalue weighted by Gasteiger charge is -1.68. The summed E-state index contributed by atoms with van der Waals surface area (Å²) in [6.07, 6.45) is 0. The molecule has 8 heteroatoms. The molecule has 0 rings (SSSR count). The van der Waals surface area contributed by atoms with E-state index >= 15 is 0 Å². The van der Waals surface area contributed by atoms with E-state index in [0.29, 0.717) is 0 Å². The molecule has 0 aliphatic rings. The Morgan fingerprint density at radius 1 is 1.22 bits per heavy atom. The molecular weight excluding hydrogens is 172 g/mol. The molecule has 0 heterocycles. The van der Waals surface area contributed by atoms with Gasteiger partial charge in [0, 0.05) is 1.43 Å². The van der Waals surface area contributed by atoms with E-state index < -0.39 is 22.0 Å². The molecule has 0 saturated carbocycles. The van der Waals surface area contributed by atoms with Crippen molar-refractivity contribution in [3.05, 3.63) is 0 Å². The van der Waals surface area contributed by atoms with Gasteiger partial charge in [-0.2, -0.15) is 16.8 Å². The third-order valence-corrected chi connectivity index (χ3v) is 0. The maximum atomic E-state index is 8.74. The highest BCUT2D eigenvalue weighted by molar-refractivity contribution is 7.79. The number of hydrogen-bond acceptors (Lipinski definition) is 4. The van der Waals surface area contributed by atoms with Gasteiger partial charge in [-0.15, -0.1) is 0 Å². The van der Waals surface area contributed by atoms with Crippen molar-refractivity contribution in [1.29, 1.82) is 0 Å². The summed E-state index contributed by atoms with van der Waals surface area (Å²) < 4.78 is 48.2. The van der Waals surface area contributed by atoms with Crippen molar-refractivity contribution in [1.82, 2.24) is 0 Å². The summed E-state index contributed by atoms with van der Waals surface area (Å²) in [4.78, 5) is 0. The second-order valence-corrected chi connectivity index (χ2v) is 1.55. The van der Waals surface area contributed by atoms with Crippen LogP contribution in [-0.4, -0.2) is 25.9 Å². The van der Waals surface area contributed by atoms with Crippen LogP contribution < -0.4 is 0 Å². The predicted octanol–water partition coefficient (Wildman–Crippen LogP) is -0.441. The minimum atomic E-state index is -4.67. The molecule has 0 aromatic rings. The van der Waals surface area contributed by atoms with Gasteiger partial charge in [0.25, 0.3) is 0 Å². The standard InChI is InChI=1S/CH4.H2O4S.O2S.H2/c;1-5(2,3)4;1-3-2;/h1H4;(H2,1,2,3,4);;1H. The topological polar surface area (TPSA) is 109 Å². The van der Waals surface area contributed by atoms with Gasteiger partial charge in [-0.05, 0) is 0 Å². The quantitative estimate of drug-likeness (QED) is 0.489. The highest BCUT2D eigenvalue weighted by Gasteiger charge is 1.84. The van der Waals surface area contributed by atoms with E-state index in [4.69, 9.17) is 25.9 Å². The molecule has 0 aromatic carbocycles. The van der Waals surface area contributed by atoms with Crippen LogP contribution >= 0.6 is 0 Å². The van der Waals surface area contributed by atoms with Crippen LogP contribution in [0, 0.1) is 0 Å². The van der Waals surface area contributed by atoms with Gasteiger partial charge in [0.05, 0.1) is 0 Å². The summed E-state index contributed by atoms with van der Waals surface area (Å²) in [6, 6.07) is 0. The third-order valence-electron chi connectivity index (χ3n) is 0. The zero-order valence-corrected chi connectivity index (χ0v) is 4.98. The summed E-state index contributed by atoms with van der Waals surface area (Å²) in [7, 11) is -4.67. The molecule has 9 heavy (non-hydrogen) atoms. The Hall–Kier alpha value is -0.310. The molecule has 2 N–H and O–H groups in total. The van der Waals surface area contributed by atoms with E-state index in [1.807, 2.05) is 0 Å². The van der Waals surface area contributed by atoms with E-state index in [9.17, 15) is 0 Å². The van der Waals surface area contributed by atoms with Crippen LogP contribution in [0.1, 0.15) is 8.85 Å². The summed E-state index contributed by atoms with van der Waals surface area (Å²) in [5, 5.41) is 0. The first-order chi connectivity index (χ1) is 3.41. The lowest BCUT2D eigenvalue weighted by atomic mass is 12.0. The predicted molar refractivity (Wildman–Crippen MR) is 31.9 cm³/mol. The van der Waals surface area contributed by atoms with Gasteiger partial charge in [-0.3, -0.25) is 9.11 Å². The van der Waals surface area contributed by atoms with E-state index in [1.165, 1.54) is 0 Å². The normalized spacial score (nSPS) is 7.78. The summed E-state index contributed by atoms with van der Waals surface area (Å²) >= 11 is -0.750. The molecule has 0 atom stereocenters. The van der Waals surface area contributed by atoms with E-state index in [0.717, 1.165) is 0 Å². The van der Waals surface area contributed by atoms with Crippen LogP contribution in [0.3, 0.4) is 0 Å². The van der Waals surface area contributed by atoms with Crippen LogP contribution in [0.2, 0.25) is 0 Å². The van der Waals surface area contributed by atoms with Crippen molar-refractivity contribution in [3.8, 4) is 0 Å². The van der Waals surface area contributed by atoms with Gasteiger partial charge >= 0.3 is 22.0 Å². The first-order valence-electron chi connectivity index (χ1n) is 1.03. The summed E-state index contributed by atoms with van der Waals surface area (Å²) in [5.74, 6) is 0.